The van der Waals surface area contributed by atoms with E-state index in [1.807, 2.05) is 53.9 Å². The number of carbonyl (C=O) groups excluding carboxylic acids is 2. The summed E-state index contributed by atoms with van der Waals surface area (Å²) in [5.41, 5.74) is 1.68. The molecule has 1 aromatic carbocycles. The van der Waals surface area contributed by atoms with Gasteiger partial charge in [0.15, 0.2) is 0 Å². The Labute approximate surface area is 197 Å². The smallest absolute Gasteiger partial charge is 0.322 e. The zero-order valence-corrected chi connectivity index (χ0v) is 20.4. The molecule has 2 rings (SSSR count). The van der Waals surface area contributed by atoms with Crippen LogP contribution < -0.4 is 10.1 Å². The molecule has 1 N–H and O–H groups in total. The van der Waals surface area contributed by atoms with Gasteiger partial charge in [-0.15, -0.1) is 0 Å². The highest BCUT2D eigenvalue weighted by molar-refractivity contribution is 5.92. The number of nitrogens with one attached hydrogen (secondary N) is 1. The van der Waals surface area contributed by atoms with Crippen molar-refractivity contribution in [3.8, 4) is 5.75 Å². The Morgan fingerprint density at radius 1 is 1.06 bits per heavy atom. The van der Waals surface area contributed by atoms with E-state index in [0.717, 1.165) is 18.5 Å². The molecule has 0 radical (unpaired) electrons. The van der Waals surface area contributed by atoms with Crippen molar-refractivity contribution >= 4 is 17.6 Å². The van der Waals surface area contributed by atoms with Gasteiger partial charge in [0.1, 0.15) is 12.3 Å². The van der Waals surface area contributed by atoms with Gasteiger partial charge in [0, 0.05) is 57.0 Å². The van der Waals surface area contributed by atoms with Crippen molar-refractivity contribution in [2.45, 2.75) is 39.7 Å². The first-order chi connectivity index (χ1) is 16.0. The number of aryl methyl sites for hydroxylation is 1. The van der Waals surface area contributed by atoms with E-state index in [-0.39, 0.29) is 18.5 Å². The summed E-state index contributed by atoms with van der Waals surface area (Å²) >= 11 is 0. The maximum absolute atomic E-state index is 13.3. The van der Waals surface area contributed by atoms with Crippen LogP contribution in [0.4, 0.5) is 10.5 Å². The first-order valence-electron chi connectivity index (χ1n) is 11.6. The van der Waals surface area contributed by atoms with Gasteiger partial charge in [0.2, 0.25) is 5.91 Å². The van der Waals surface area contributed by atoms with E-state index in [9.17, 15) is 9.59 Å². The lowest BCUT2D eigenvalue weighted by Gasteiger charge is -2.28. The number of carbonyl (C=O) groups is 2. The second kappa shape index (κ2) is 14.2. The fraction of sp³-hybridized carbons (Fsp3) is 0.520. The number of aromatic nitrogens is 1. The highest BCUT2D eigenvalue weighted by Gasteiger charge is 2.22. The number of rotatable bonds is 14. The summed E-state index contributed by atoms with van der Waals surface area (Å²) in [6, 6.07) is 10.8. The molecule has 0 aliphatic heterocycles. The van der Waals surface area contributed by atoms with Crippen LogP contribution in [0, 0.1) is 0 Å². The van der Waals surface area contributed by atoms with Crippen molar-refractivity contribution in [2.75, 3.05) is 45.3 Å². The normalized spacial score (nSPS) is 10.7. The van der Waals surface area contributed by atoms with Crippen molar-refractivity contribution in [2.24, 2.45) is 7.05 Å². The van der Waals surface area contributed by atoms with Gasteiger partial charge in [-0.05, 0) is 44.0 Å². The number of anilines is 1. The number of amides is 3. The topological polar surface area (TPSA) is 76.0 Å². The Morgan fingerprint density at radius 2 is 1.85 bits per heavy atom. The number of hydrogen-bond acceptors (Lipinski definition) is 4. The van der Waals surface area contributed by atoms with Gasteiger partial charge >= 0.3 is 6.03 Å². The van der Waals surface area contributed by atoms with E-state index in [2.05, 4.69) is 12.2 Å². The molecule has 0 aliphatic carbocycles. The van der Waals surface area contributed by atoms with Crippen molar-refractivity contribution in [1.82, 2.24) is 14.4 Å². The van der Waals surface area contributed by atoms with Crippen molar-refractivity contribution in [3.05, 3.63) is 48.3 Å². The molecule has 3 amide bonds. The number of hydrogen-bond donors (Lipinski definition) is 1. The van der Waals surface area contributed by atoms with E-state index < -0.39 is 0 Å². The molecule has 8 heteroatoms. The van der Waals surface area contributed by atoms with Crippen LogP contribution in [0.2, 0.25) is 0 Å². The molecular formula is C25H38N4O4. The van der Waals surface area contributed by atoms with E-state index in [1.54, 1.807) is 24.1 Å². The van der Waals surface area contributed by atoms with Gasteiger partial charge in [-0.1, -0.05) is 19.4 Å². The van der Waals surface area contributed by atoms with Crippen LogP contribution in [0.5, 0.6) is 5.75 Å². The van der Waals surface area contributed by atoms with E-state index in [1.165, 1.54) is 0 Å². The van der Waals surface area contributed by atoms with Crippen LogP contribution in [-0.4, -0.2) is 66.3 Å². The van der Waals surface area contributed by atoms with Crippen molar-refractivity contribution in [1.29, 1.82) is 0 Å². The zero-order valence-electron chi connectivity index (χ0n) is 20.4. The van der Waals surface area contributed by atoms with E-state index in [0.29, 0.717) is 50.7 Å². The Morgan fingerprint density at radius 3 is 2.52 bits per heavy atom. The number of methoxy groups -OCH3 is 1. The summed E-state index contributed by atoms with van der Waals surface area (Å²) in [7, 11) is 3.55. The fourth-order valence-electron chi connectivity index (χ4n) is 3.42. The quantitative estimate of drug-likeness (QED) is 0.432. The lowest BCUT2D eigenvalue weighted by atomic mass is 10.2. The van der Waals surface area contributed by atoms with Gasteiger partial charge in [-0.25, -0.2) is 4.79 Å². The monoisotopic (exact) mass is 458 g/mol. The highest BCUT2D eigenvalue weighted by atomic mass is 16.5. The standard InChI is InChI=1S/C25H38N4O4/c1-5-7-15-28(19-22-12-9-14-27(22)3)24(30)20-29(16-10-17-33-6-2)25(31)26-21-11-8-13-23(18-21)32-4/h8-9,11-14,18H,5-7,10,15-17,19-20H2,1-4H3,(H,26,31). The molecule has 0 fully saturated rings. The fourth-order valence-corrected chi connectivity index (χ4v) is 3.42. The second-order valence-electron chi connectivity index (χ2n) is 7.91. The molecule has 0 unspecified atom stereocenters. The van der Waals surface area contributed by atoms with Crippen LogP contribution in [0.15, 0.2) is 42.6 Å². The maximum Gasteiger partial charge on any atom is 0.322 e. The van der Waals surface area contributed by atoms with Gasteiger partial charge < -0.3 is 29.2 Å². The molecule has 8 nitrogen and oxygen atoms in total. The molecule has 0 atom stereocenters. The molecule has 2 aromatic rings. The number of unbranched alkanes of at least 4 members (excludes halogenated alkanes) is 1. The van der Waals surface area contributed by atoms with Gasteiger partial charge in [0.25, 0.3) is 0 Å². The van der Waals surface area contributed by atoms with Crippen LogP contribution in [0.3, 0.4) is 0 Å². The average molecular weight is 459 g/mol. The third kappa shape index (κ3) is 8.81. The lowest BCUT2D eigenvalue weighted by Crippen LogP contribution is -2.45. The molecule has 182 valence electrons. The summed E-state index contributed by atoms with van der Waals surface area (Å²) in [4.78, 5) is 29.8. The number of ether oxygens (including phenoxy) is 2. The zero-order chi connectivity index (χ0) is 24.1. The minimum absolute atomic E-state index is 0.00998. The van der Waals surface area contributed by atoms with Crippen LogP contribution >= 0.6 is 0 Å². The minimum Gasteiger partial charge on any atom is -0.497 e. The van der Waals surface area contributed by atoms with E-state index >= 15 is 0 Å². The number of benzene rings is 1. The Bertz CT molecular complexity index is 868. The highest BCUT2D eigenvalue weighted by Crippen LogP contribution is 2.17. The second-order valence-corrected chi connectivity index (χ2v) is 7.91. The first kappa shape index (κ1) is 26.3. The molecular weight excluding hydrogens is 420 g/mol. The van der Waals surface area contributed by atoms with Gasteiger partial charge in [0.05, 0.1) is 13.7 Å². The summed E-state index contributed by atoms with van der Waals surface area (Å²) in [5, 5.41) is 2.89. The summed E-state index contributed by atoms with van der Waals surface area (Å²) in [5.74, 6) is 0.585. The SMILES string of the molecule is CCCCN(Cc1cccn1C)C(=O)CN(CCCOCC)C(=O)Nc1cccc(OC)c1. The molecule has 1 aromatic heterocycles. The summed E-state index contributed by atoms with van der Waals surface area (Å²) < 4.78 is 12.7. The molecule has 0 spiro atoms. The van der Waals surface area contributed by atoms with Crippen molar-refractivity contribution < 1.29 is 19.1 Å². The van der Waals surface area contributed by atoms with Gasteiger partial charge in [-0.3, -0.25) is 4.79 Å². The van der Waals surface area contributed by atoms with Crippen molar-refractivity contribution in [3.63, 3.8) is 0 Å². The maximum atomic E-state index is 13.3. The third-order valence-electron chi connectivity index (χ3n) is 5.39. The minimum atomic E-state index is -0.317. The Hall–Kier alpha value is -3.00. The lowest BCUT2D eigenvalue weighted by molar-refractivity contribution is -0.132. The molecule has 1 heterocycles. The van der Waals surface area contributed by atoms with Crippen LogP contribution in [0.25, 0.3) is 0 Å². The van der Waals surface area contributed by atoms with Crippen LogP contribution in [-0.2, 0) is 23.1 Å². The number of urea groups is 1. The largest absolute Gasteiger partial charge is 0.497 e. The first-order valence-corrected chi connectivity index (χ1v) is 11.6. The molecule has 33 heavy (non-hydrogen) atoms. The molecule has 0 aliphatic rings. The third-order valence-corrected chi connectivity index (χ3v) is 5.39. The Balaban J connectivity index is 2.11. The summed E-state index contributed by atoms with van der Waals surface area (Å²) in [6.45, 7) is 6.81. The van der Waals surface area contributed by atoms with Gasteiger partial charge in [-0.2, -0.15) is 0 Å². The molecule has 0 saturated carbocycles. The number of nitrogens with zero attached hydrogens (tertiary/aromatic N) is 3. The Kier molecular flexibility index (Phi) is 11.3. The molecule has 0 bridgehead atoms. The predicted octanol–water partition coefficient (Wildman–Crippen LogP) is 4.12. The average Bonchev–Trinajstić information content (AvgIpc) is 3.22. The molecule has 0 saturated heterocycles. The van der Waals surface area contributed by atoms with Crippen LogP contribution in [0.1, 0.15) is 38.8 Å². The predicted molar refractivity (Wildman–Crippen MR) is 130 cm³/mol. The van der Waals surface area contributed by atoms with E-state index in [4.69, 9.17) is 9.47 Å². The summed E-state index contributed by atoms with van der Waals surface area (Å²) in [6.07, 6.45) is 4.53.